The van der Waals surface area contributed by atoms with Crippen LogP contribution in [0.1, 0.15) is 5.56 Å². The highest BCUT2D eigenvalue weighted by Gasteiger charge is 2.08. The smallest absolute Gasteiger partial charge is 0.163 e. The first-order chi connectivity index (χ1) is 6.19. The number of hydrogen-bond acceptors (Lipinski definition) is 3. The van der Waals surface area contributed by atoms with Gasteiger partial charge in [0.05, 0.1) is 7.11 Å². The molecule has 0 aliphatic heterocycles. The molecule has 1 rings (SSSR count). The Hall–Kier alpha value is -1.29. The lowest BCUT2D eigenvalue weighted by Crippen LogP contribution is -1.96. The van der Waals surface area contributed by atoms with Gasteiger partial charge in [0.15, 0.2) is 11.5 Å². The van der Waals surface area contributed by atoms with Crippen molar-refractivity contribution in [3.8, 4) is 11.5 Å². The lowest BCUT2D eigenvalue weighted by molar-refractivity contribution is 0.297. The van der Waals surface area contributed by atoms with Crippen LogP contribution in [0.4, 0.5) is 4.39 Å². The largest absolute Gasteiger partial charge is 0.504 e. The molecule has 0 saturated heterocycles. The average molecular weight is 186 g/mol. The van der Waals surface area contributed by atoms with Gasteiger partial charge >= 0.3 is 0 Å². The van der Waals surface area contributed by atoms with Gasteiger partial charge in [0.25, 0.3) is 0 Å². The summed E-state index contributed by atoms with van der Waals surface area (Å²) in [6, 6.07) is 2.35. The van der Waals surface area contributed by atoms with E-state index in [1.54, 1.807) is 0 Å². The summed E-state index contributed by atoms with van der Waals surface area (Å²) in [6.07, 6.45) is 0.184. The molecule has 0 aliphatic rings. The van der Waals surface area contributed by atoms with Crippen molar-refractivity contribution in [3.63, 3.8) is 0 Å². The molecule has 1 aromatic rings. The first-order valence-corrected chi connectivity index (χ1v) is 3.85. The first kappa shape index (κ1) is 9.80. The van der Waals surface area contributed by atoms with E-state index in [1.165, 1.54) is 13.2 Å². The van der Waals surface area contributed by atoms with E-state index in [-0.39, 0.29) is 30.1 Å². The van der Waals surface area contributed by atoms with Gasteiger partial charge in [-0.25, -0.2) is 4.39 Å². The fourth-order valence-electron chi connectivity index (χ4n) is 1.06. The van der Waals surface area contributed by atoms with Crippen LogP contribution in [0.3, 0.4) is 0 Å². The number of halogens is 1. The van der Waals surface area contributed by atoms with Gasteiger partial charge < -0.3 is 14.9 Å². The Morgan fingerprint density at radius 3 is 2.69 bits per heavy atom. The molecule has 0 aromatic heterocycles. The van der Waals surface area contributed by atoms with E-state index < -0.39 is 5.82 Å². The molecule has 72 valence electrons. The molecule has 0 heterocycles. The maximum absolute atomic E-state index is 13.1. The number of methoxy groups -OCH3 is 1. The predicted octanol–water partition coefficient (Wildman–Crippen LogP) is 1.07. The Kier molecular flexibility index (Phi) is 3.08. The summed E-state index contributed by atoms with van der Waals surface area (Å²) < 4.78 is 17.8. The second kappa shape index (κ2) is 4.09. The van der Waals surface area contributed by atoms with Crippen LogP contribution in [0.2, 0.25) is 0 Å². The monoisotopic (exact) mass is 186 g/mol. The van der Waals surface area contributed by atoms with E-state index in [1.807, 2.05) is 0 Å². The number of aliphatic hydroxyl groups is 1. The van der Waals surface area contributed by atoms with Crippen LogP contribution in [-0.4, -0.2) is 23.9 Å². The Balaban J connectivity index is 3.05. The number of ether oxygens (including phenoxy) is 1. The second-order valence-electron chi connectivity index (χ2n) is 2.59. The van der Waals surface area contributed by atoms with Crippen molar-refractivity contribution in [2.24, 2.45) is 0 Å². The quantitative estimate of drug-likeness (QED) is 0.742. The molecule has 0 amide bonds. The van der Waals surface area contributed by atoms with Gasteiger partial charge in [0.1, 0.15) is 5.82 Å². The standard InChI is InChI=1S/C9H11FO3/c1-13-9-5-7(10)6(2-3-11)4-8(9)12/h4-5,11-12H,2-3H2,1H3. The van der Waals surface area contributed by atoms with E-state index in [0.29, 0.717) is 0 Å². The third-order valence-corrected chi connectivity index (χ3v) is 1.73. The molecule has 0 spiro atoms. The maximum atomic E-state index is 13.1. The van der Waals surface area contributed by atoms with Crippen molar-refractivity contribution >= 4 is 0 Å². The van der Waals surface area contributed by atoms with Crippen molar-refractivity contribution < 1.29 is 19.3 Å². The third kappa shape index (κ3) is 2.09. The van der Waals surface area contributed by atoms with E-state index in [9.17, 15) is 9.50 Å². The highest BCUT2D eigenvalue weighted by atomic mass is 19.1. The summed E-state index contributed by atoms with van der Waals surface area (Å²) in [5.41, 5.74) is 0.279. The minimum atomic E-state index is -0.483. The number of rotatable bonds is 3. The normalized spacial score (nSPS) is 10.1. The fourth-order valence-corrected chi connectivity index (χ4v) is 1.06. The van der Waals surface area contributed by atoms with Crippen molar-refractivity contribution in [1.29, 1.82) is 0 Å². The molecular formula is C9H11FO3. The van der Waals surface area contributed by atoms with Gasteiger partial charge in [0.2, 0.25) is 0 Å². The van der Waals surface area contributed by atoms with Crippen LogP contribution < -0.4 is 4.74 Å². The number of phenolic OH excluding ortho intramolecular Hbond substituents is 1. The van der Waals surface area contributed by atoms with Crippen LogP contribution in [0, 0.1) is 5.82 Å². The number of benzene rings is 1. The van der Waals surface area contributed by atoms with E-state index in [0.717, 1.165) is 6.07 Å². The minimum absolute atomic E-state index is 0.0965. The molecule has 1 aromatic carbocycles. The molecule has 4 heteroatoms. The van der Waals surface area contributed by atoms with E-state index in [4.69, 9.17) is 9.84 Å². The molecule has 0 aliphatic carbocycles. The van der Waals surface area contributed by atoms with Crippen molar-refractivity contribution in [2.45, 2.75) is 6.42 Å². The molecular weight excluding hydrogens is 175 g/mol. The third-order valence-electron chi connectivity index (χ3n) is 1.73. The Bertz CT molecular complexity index is 299. The summed E-state index contributed by atoms with van der Waals surface area (Å²) in [7, 11) is 1.35. The average Bonchev–Trinajstić information content (AvgIpc) is 2.11. The van der Waals surface area contributed by atoms with Gasteiger partial charge in [-0.1, -0.05) is 0 Å². The Morgan fingerprint density at radius 1 is 1.46 bits per heavy atom. The summed E-state index contributed by atoms with van der Waals surface area (Å²) in [5.74, 6) is -0.504. The molecule has 0 saturated carbocycles. The minimum Gasteiger partial charge on any atom is -0.504 e. The maximum Gasteiger partial charge on any atom is 0.163 e. The molecule has 2 N–H and O–H groups in total. The second-order valence-corrected chi connectivity index (χ2v) is 2.59. The van der Waals surface area contributed by atoms with Gasteiger partial charge in [-0.15, -0.1) is 0 Å². The molecule has 13 heavy (non-hydrogen) atoms. The van der Waals surface area contributed by atoms with Gasteiger partial charge in [-0.3, -0.25) is 0 Å². The Labute approximate surface area is 75.4 Å². The lowest BCUT2D eigenvalue weighted by atomic mass is 10.1. The molecule has 0 bridgehead atoms. The fraction of sp³-hybridized carbons (Fsp3) is 0.333. The van der Waals surface area contributed by atoms with Crippen molar-refractivity contribution in [2.75, 3.05) is 13.7 Å². The zero-order valence-corrected chi connectivity index (χ0v) is 7.25. The van der Waals surface area contributed by atoms with Crippen molar-refractivity contribution in [1.82, 2.24) is 0 Å². The number of phenols is 1. The highest BCUT2D eigenvalue weighted by Crippen LogP contribution is 2.28. The van der Waals surface area contributed by atoms with Crippen LogP contribution >= 0.6 is 0 Å². The zero-order chi connectivity index (χ0) is 9.84. The van der Waals surface area contributed by atoms with E-state index >= 15 is 0 Å². The summed E-state index contributed by atoms with van der Waals surface area (Å²) in [6.45, 7) is -0.150. The van der Waals surface area contributed by atoms with Gasteiger partial charge in [-0.05, 0) is 18.1 Å². The van der Waals surface area contributed by atoms with Gasteiger partial charge in [-0.2, -0.15) is 0 Å². The van der Waals surface area contributed by atoms with Crippen molar-refractivity contribution in [3.05, 3.63) is 23.5 Å². The van der Waals surface area contributed by atoms with Crippen LogP contribution in [-0.2, 0) is 6.42 Å². The number of aliphatic hydroxyl groups excluding tert-OH is 1. The first-order valence-electron chi connectivity index (χ1n) is 3.85. The molecule has 0 fully saturated rings. The number of aromatic hydroxyl groups is 1. The highest BCUT2D eigenvalue weighted by molar-refractivity contribution is 5.42. The summed E-state index contributed by atoms with van der Waals surface area (Å²) >= 11 is 0. The zero-order valence-electron chi connectivity index (χ0n) is 7.25. The Morgan fingerprint density at radius 2 is 2.15 bits per heavy atom. The summed E-state index contributed by atoms with van der Waals surface area (Å²) in [4.78, 5) is 0. The SMILES string of the molecule is COc1cc(F)c(CCO)cc1O. The van der Waals surface area contributed by atoms with E-state index in [2.05, 4.69) is 0 Å². The molecule has 0 radical (unpaired) electrons. The number of hydrogen-bond donors (Lipinski definition) is 2. The topological polar surface area (TPSA) is 49.7 Å². The summed E-state index contributed by atoms with van der Waals surface area (Å²) in [5, 5.41) is 17.9. The molecule has 3 nitrogen and oxygen atoms in total. The molecule has 0 atom stereocenters. The van der Waals surface area contributed by atoms with Crippen LogP contribution in [0.15, 0.2) is 12.1 Å². The van der Waals surface area contributed by atoms with Gasteiger partial charge in [0, 0.05) is 12.7 Å². The predicted molar refractivity (Wildman–Crippen MR) is 45.4 cm³/mol. The lowest BCUT2D eigenvalue weighted by Gasteiger charge is -2.06. The molecule has 0 unspecified atom stereocenters. The van der Waals surface area contributed by atoms with Crippen LogP contribution in [0.5, 0.6) is 11.5 Å². The van der Waals surface area contributed by atoms with Crippen LogP contribution in [0.25, 0.3) is 0 Å².